The molecule has 6 N–H and O–H groups in total. The van der Waals surface area contributed by atoms with Crippen LogP contribution in [-0.4, -0.2) is 153 Å². The zero-order chi connectivity index (χ0) is 63.0. The van der Waals surface area contributed by atoms with Crippen LogP contribution in [0.4, 0.5) is 32.5 Å². The van der Waals surface area contributed by atoms with Gasteiger partial charge in [-0.25, -0.2) is 39.3 Å². The van der Waals surface area contributed by atoms with Crippen LogP contribution in [0, 0.1) is 20.8 Å². The van der Waals surface area contributed by atoms with Crippen LogP contribution in [0.2, 0.25) is 51.4 Å². The molecule has 0 fully saturated rings. The summed E-state index contributed by atoms with van der Waals surface area (Å²) in [6.07, 6.45) is 22.8. The average molecular weight is 1330 g/mol. The highest BCUT2D eigenvalue weighted by molar-refractivity contribution is 7.10. The second-order valence-corrected chi connectivity index (χ2v) is 38.2. The number of imidazole rings is 3. The molecule has 12 rings (SSSR count). The Kier molecular flexibility index (Phi) is 23.0. The maximum atomic E-state index is 5.83. The van der Waals surface area contributed by atoms with Crippen LogP contribution < -0.4 is 21.7 Å². The fraction of sp³-hybridized carbons (Fsp3) is 0.400. The molecule has 0 unspecified atom stereocenters. The first-order valence-corrected chi connectivity index (χ1v) is 38.8. The normalized spacial score (nSPS) is 11.7. The Balaban J connectivity index is 0.000000175. The van der Waals surface area contributed by atoms with Crippen LogP contribution in [0.15, 0.2) is 92.6 Å². The first kappa shape index (κ1) is 68.9. The molecule has 0 aliphatic rings. The summed E-state index contributed by atoms with van der Waals surface area (Å²) in [6, 6.07) is 8.32. The van der Waals surface area contributed by atoms with Crippen molar-refractivity contribution in [1.82, 2.24) is 95.8 Å². The van der Waals surface area contributed by atoms with Gasteiger partial charge in [0.1, 0.15) is 28.5 Å². The fourth-order valence-electron chi connectivity index (χ4n) is 9.17. The lowest BCUT2D eigenvalue weighted by Gasteiger charge is -2.15. The predicted octanol–water partition coefficient (Wildman–Crippen LogP) is 12.3. The van der Waals surface area contributed by atoms with Crippen molar-refractivity contribution in [2.75, 3.05) is 57.4 Å². The van der Waals surface area contributed by atoms with Crippen LogP contribution in [0.3, 0.4) is 0 Å². The average Bonchev–Trinajstić information content (AvgIpc) is 1.68. The minimum absolute atomic E-state index is 0. The minimum atomic E-state index is -1.09. The van der Waals surface area contributed by atoms with Gasteiger partial charge in [0.05, 0.1) is 88.4 Å². The highest BCUT2D eigenvalue weighted by Crippen LogP contribution is 2.32. The molecule has 0 aliphatic carbocycles. The van der Waals surface area contributed by atoms with E-state index in [1.54, 1.807) is 6.20 Å². The molecule has 0 saturated heterocycles. The number of nitrogens with zero attached hydrogens (tertiary/aromatic N) is 19. The Morgan fingerprint density at radius 3 is 1.23 bits per heavy atom. The SMILES string of the molecule is C.C.Cc1cn2c(-c3cn[nH]c3)cnc2c(Nc2cc(CN(C)C)ns2)n1.Cc1cn2c(-c3cnn(COCC[Si](C)(C)C)c3)cnc2c(Nc2cc(CN(C)C)ns2)n1.Cc1cn2c(-c3cnn(COCC[Si](C)(C)C)c3)cnc2c(Nc2cc(CN)ns2)n1. The van der Waals surface area contributed by atoms with Gasteiger partial charge in [-0.2, -0.15) is 28.4 Å². The van der Waals surface area contributed by atoms with Gasteiger partial charge in [0.25, 0.3) is 0 Å². The molecule has 12 heterocycles. The Hall–Kier alpha value is -7.99. The number of hydrogen-bond acceptors (Lipinski definition) is 23. The van der Waals surface area contributed by atoms with E-state index in [9.17, 15) is 0 Å². The third-order valence-electron chi connectivity index (χ3n) is 13.5. The molecule has 0 saturated carbocycles. The van der Waals surface area contributed by atoms with Crippen molar-refractivity contribution >= 4 is 100 Å². The van der Waals surface area contributed by atoms with Gasteiger partial charge in [0.15, 0.2) is 34.4 Å². The molecule has 0 spiro atoms. The summed E-state index contributed by atoms with van der Waals surface area (Å²) in [4.78, 5) is 31.9. The Labute approximate surface area is 545 Å². The number of hydrogen-bond donors (Lipinski definition) is 5. The summed E-state index contributed by atoms with van der Waals surface area (Å²) in [7, 11) is 5.94. The van der Waals surface area contributed by atoms with Crippen molar-refractivity contribution in [2.45, 2.75) is 120 Å². The molecular weight excluding hydrogens is 1240 g/mol. The van der Waals surface area contributed by atoms with Gasteiger partial charge in [-0.1, -0.05) is 54.1 Å². The molecule has 0 amide bonds. The van der Waals surface area contributed by atoms with Crippen molar-refractivity contribution < 1.29 is 9.47 Å². The number of fused-ring (bicyclic) bond motifs is 3. The van der Waals surface area contributed by atoms with Crippen LogP contribution in [0.5, 0.6) is 0 Å². The van der Waals surface area contributed by atoms with E-state index in [0.717, 1.165) is 144 Å². The molecular formula is C60H86N24O2S3Si2. The Morgan fingerprint density at radius 2 is 0.890 bits per heavy atom. The minimum Gasteiger partial charge on any atom is -0.360 e. The first-order chi connectivity index (χ1) is 42.6. The van der Waals surface area contributed by atoms with Crippen molar-refractivity contribution in [3.63, 3.8) is 0 Å². The smallest absolute Gasteiger partial charge is 0.180 e. The number of ether oxygens (including phenoxy) is 2. The molecule has 26 nitrogen and oxygen atoms in total. The highest BCUT2D eigenvalue weighted by atomic mass is 32.1. The molecule has 0 aliphatic heterocycles. The molecule has 0 bridgehead atoms. The lowest BCUT2D eigenvalue weighted by molar-refractivity contribution is 0.0785. The molecule has 0 aromatic carbocycles. The van der Waals surface area contributed by atoms with E-state index in [4.69, 9.17) is 15.2 Å². The number of nitrogens with two attached hydrogens (primary N) is 1. The number of rotatable bonds is 24. The Morgan fingerprint density at radius 1 is 0.516 bits per heavy atom. The first-order valence-electron chi connectivity index (χ1n) is 29.0. The number of aromatic nitrogens is 18. The van der Waals surface area contributed by atoms with E-state index in [1.807, 2.05) is 147 Å². The summed E-state index contributed by atoms with van der Waals surface area (Å²) in [5, 5.41) is 28.6. The maximum absolute atomic E-state index is 5.83. The lowest BCUT2D eigenvalue weighted by Crippen LogP contribution is -2.22. The van der Waals surface area contributed by atoms with Crippen molar-refractivity contribution in [2.24, 2.45) is 5.73 Å². The van der Waals surface area contributed by atoms with Crippen molar-refractivity contribution in [3.8, 4) is 33.8 Å². The van der Waals surface area contributed by atoms with E-state index in [1.165, 1.54) is 34.6 Å². The topological polar surface area (TPSA) is 281 Å². The highest BCUT2D eigenvalue weighted by Gasteiger charge is 2.20. The van der Waals surface area contributed by atoms with E-state index >= 15 is 0 Å². The quantitative estimate of drug-likeness (QED) is 0.0278. The van der Waals surface area contributed by atoms with E-state index in [-0.39, 0.29) is 14.9 Å². The summed E-state index contributed by atoms with van der Waals surface area (Å²) in [5.41, 5.74) is 19.3. The van der Waals surface area contributed by atoms with Crippen molar-refractivity contribution in [3.05, 3.63) is 127 Å². The van der Waals surface area contributed by atoms with Crippen LogP contribution in [0.1, 0.15) is 49.0 Å². The summed E-state index contributed by atoms with van der Waals surface area (Å²) in [5.74, 6) is 2.11. The molecule has 91 heavy (non-hydrogen) atoms. The van der Waals surface area contributed by atoms with Gasteiger partial charge in [0, 0.05) is 103 Å². The van der Waals surface area contributed by atoms with Gasteiger partial charge in [-0.15, -0.1) is 0 Å². The molecule has 31 heteroatoms. The summed E-state index contributed by atoms with van der Waals surface area (Å²) >= 11 is 4.21. The summed E-state index contributed by atoms with van der Waals surface area (Å²) < 4.78 is 34.7. The Bertz CT molecular complexity index is 4250. The molecule has 12 aromatic rings. The molecule has 12 aromatic heterocycles. The third-order valence-corrected chi connectivity index (χ3v) is 19.1. The maximum Gasteiger partial charge on any atom is 0.180 e. The lowest BCUT2D eigenvalue weighted by atomic mass is 10.3. The summed E-state index contributed by atoms with van der Waals surface area (Å²) in [6.45, 7) is 24.5. The van der Waals surface area contributed by atoms with E-state index < -0.39 is 16.1 Å². The van der Waals surface area contributed by atoms with Gasteiger partial charge in [-0.3, -0.25) is 18.3 Å². The van der Waals surface area contributed by atoms with Gasteiger partial charge in [0.2, 0.25) is 0 Å². The van der Waals surface area contributed by atoms with Gasteiger partial charge >= 0.3 is 0 Å². The second-order valence-electron chi connectivity index (χ2n) is 24.5. The second kappa shape index (κ2) is 30.4. The van der Waals surface area contributed by atoms with Gasteiger partial charge < -0.3 is 41.0 Å². The number of nitrogens with one attached hydrogen (secondary N) is 4. The van der Waals surface area contributed by atoms with Crippen LogP contribution >= 0.6 is 34.6 Å². The monoisotopic (exact) mass is 1330 g/mol. The van der Waals surface area contributed by atoms with Crippen LogP contribution in [0.25, 0.3) is 50.7 Å². The van der Waals surface area contributed by atoms with Crippen molar-refractivity contribution in [1.29, 1.82) is 0 Å². The number of aromatic amines is 1. The number of anilines is 6. The standard InChI is InChI=1S/C22H32N8OSSi.C20H28N8OSSi.C16H18N8S.2CH4/c1-16-12-30-19(17-10-24-29(13-17)15-31-7-8-33(4,5)6)11-23-22(30)21(25-16)26-20-9-18(27-32-20)14-28(2)3;1-14-11-28-17(15-9-23-27(12-15)13-29-5-6-31(2,3)4)10-22-20(28)19(24-14)25-18-7-16(8-21)26-30-18;1-10-8-24-13(11-5-18-19-6-11)7-17-16(24)15(20-10)21-14-4-12(22-25-14)9-23(2)3;;/h9-13H,7-8,14-15H2,1-6H3,(H,25,26);7,9-12H,5-6,8,13,21H2,1-4H3,(H,24,25);4-8H,9H2,1-3H3,(H,18,19)(H,20,21);2*1H4. The molecule has 484 valence electrons. The van der Waals surface area contributed by atoms with Crippen LogP contribution in [-0.2, 0) is 42.6 Å². The third kappa shape index (κ3) is 18.4. The number of H-pyrrole nitrogens is 1. The number of aryl methyl sites for hydroxylation is 3. The molecule has 0 atom stereocenters. The zero-order valence-electron chi connectivity index (χ0n) is 52.6. The van der Waals surface area contributed by atoms with E-state index in [2.05, 4.69) is 139 Å². The zero-order valence-corrected chi connectivity index (χ0v) is 57.1. The largest absolute Gasteiger partial charge is 0.360 e. The van der Waals surface area contributed by atoms with E-state index in [0.29, 0.717) is 31.6 Å². The van der Waals surface area contributed by atoms with Gasteiger partial charge in [-0.05, 0) is 114 Å². The fourth-order valence-corrected chi connectivity index (χ4v) is 12.7. The predicted molar refractivity (Wildman–Crippen MR) is 374 cm³/mol. The molecule has 0 radical (unpaired) electrons.